The molecule has 0 saturated carbocycles. The van der Waals surface area contributed by atoms with Gasteiger partial charge < -0.3 is 9.15 Å². The fourth-order valence-corrected chi connectivity index (χ4v) is 4.10. The number of hydrogen-bond donors (Lipinski definition) is 1. The van der Waals surface area contributed by atoms with Crippen LogP contribution >= 0.6 is 27.5 Å². The van der Waals surface area contributed by atoms with Crippen LogP contribution in [0.1, 0.15) is 5.56 Å². The number of ether oxygens (including phenoxy) is 1. The number of hydrogen-bond acceptors (Lipinski definition) is 5. The molecule has 0 radical (unpaired) electrons. The van der Waals surface area contributed by atoms with Crippen molar-refractivity contribution in [2.75, 3.05) is 16.7 Å². The van der Waals surface area contributed by atoms with Crippen molar-refractivity contribution in [3.05, 3.63) is 69.5 Å². The molecule has 6 nitrogen and oxygen atoms in total. The Morgan fingerprint density at radius 3 is 2.56 bits per heavy atom. The SMILES string of the molecule is O=c1oc(OCCBr)c(Cl)c2ccc(NS(=O)(=O)Cc3ccccc3)cc12. The van der Waals surface area contributed by atoms with E-state index < -0.39 is 15.6 Å². The highest BCUT2D eigenvalue weighted by Gasteiger charge is 2.16. The lowest BCUT2D eigenvalue weighted by atomic mass is 10.1. The molecule has 0 fully saturated rings. The van der Waals surface area contributed by atoms with Gasteiger partial charge in [0.2, 0.25) is 10.0 Å². The van der Waals surface area contributed by atoms with Crippen molar-refractivity contribution < 1.29 is 17.6 Å². The van der Waals surface area contributed by atoms with Crippen molar-refractivity contribution in [3.8, 4) is 5.95 Å². The first-order chi connectivity index (χ1) is 12.9. The Balaban J connectivity index is 1.90. The van der Waals surface area contributed by atoms with Crippen LogP contribution in [0.3, 0.4) is 0 Å². The monoisotopic (exact) mass is 471 g/mol. The third-order valence-electron chi connectivity index (χ3n) is 3.62. The van der Waals surface area contributed by atoms with E-state index in [1.54, 1.807) is 30.3 Å². The first-order valence-corrected chi connectivity index (χ1v) is 11.0. The van der Waals surface area contributed by atoms with Crippen LogP contribution < -0.4 is 15.1 Å². The second kappa shape index (κ2) is 8.33. The number of rotatable bonds is 7. The van der Waals surface area contributed by atoms with Gasteiger partial charge in [0.25, 0.3) is 0 Å². The molecule has 1 aromatic heterocycles. The minimum Gasteiger partial charge on any atom is -0.463 e. The average Bonchev–Trinajstić information content (AvgIpc) is 2.63. The van der Waals surface area contributed by atoms with E-state index in [9.17, 15) is 13.2 Å². The van der Waals surface area contributed by atoms with Crippen molar-refractivity contribution in [3.63, 3.8) is 0 Å². The van der Waals surface area contributed by atoms with Gasteiger partial charge in [-0.25, -0.2) is 13.2 Å². The number of anilines is 1. The van der Waals surface area contributed by atoms with E-state index in [1.165, 1.54) is 12.1 Å². The molecular weight excluding hydrogens is 458 g/mol. The summed E-state index contributed by atoms with van der Waals surface area (Å²) in [4.78, 5) is 12.2. The van der Waals surface area contributed by atoms with Gasteiger partial charge in [-0.2, -0.15) is 0 Å². The van der Waals surface area contributed by atoms with Crippen molar-refractivity contribution in [1.29, 1.82) is 0 Å². The minimum atomic E-state index is -3.65. The number of nitrogens with one attached hydrogen (secondary N) is 1. The fourth-order valence-electron chi connectivity index (χ4n) is 2.50. The zero-order chi connectivity index (χ0) is 19.4. The molecule has 0 aliphatic heterocycles. The van der Waals surface area contributed by atoms with E-state index >= 15 is 0 Å². The van der Waals surface area contributed by atoms with E-state index in [4.69, 9.17) is 20.8 Å². The van der Waals surface area contributed by atoms with Gasteiger partial charge in [-0.3, -0.25) is 4.72 Å². The van der Waals surface area contributed by atoms with E-state index in [2.05, 4.69) is 20.7 Å². The maximum atomic E-state index is 12.4. The summed E-state index contributed by atoms with van der Waals surface area (Å²) in [6.45, 7) is 0.283. The lowest BCUT2D eigenvalue weighted by molar-refractivity contribution is 0.249. The Morgan fingerprint density at radius 1 is 1.11 bits per heavy atom. The number of sulfonamides is 1. The zero-order valence-electron chi connectivity index (χ0n) is 13.9. The van der Waals surface area contributed by atoms with Crippen LogP contribution in [0, 0.1) is 0 Å². The molecule has 0 unspecified atom stereocenters. The highest BCUT2D eigenvalue weighted by atomic mass is 79.9. The molecule has 0 saturated heterocycles. The molecule has 0 spiro atoms. The maximum absolute atomic E-state index is 12.4. The van der Waals surface area contributed by atoms with Gasteiger partial charge in [0.15, 0.2) is 0 Å². The van der Waals surface area contributed by atoms with E-state index in [1.807, 2.05) is 6.07 Å². The highest BCUT2D eigenvalue weighted by Crippen LogP contribution is 2.32. The van der Waals surface area contributed by atoms with Crippen LogP contribution in [0.15, 0.2) is 57.7 Å². The summed E-state index contributed by atoms with van der Waals surface area (Å²) in [6.07, 6.45) is 0. The molecule has 0 bridgehead atoms. The standard InChI is InChI=1S/C18H15BrClNO5S/c19-8-9-25-18-16(20)14-7-6-13(10-15(14)17(22)26-18)21-27(23,24)11-12-4-2-1-3-5-12/h1-7,10,21H,8-9,11H2. The third kappa shape index (κ3) is 4.82. The molecular formula is C18H15BrClNO5S. The predicted molar refractivity (Wildman–Crippen MR) is 109 cm³/mol. The summed E-state index contributed by atoms with van der Waals surface area (Å²) in [7, 11) is -3.65. The van der Waals surface area contributed by atoms with Gasteiger partial charge in [0.05, 0.1) is 11.1 Å². The summed E-state index contributed by atoms with van der Waals surface area (Å²) in [5.41, 5.74) is 0.237. The quantitative estimate of drug-likeness (QED) is 0.522. The van der Waals surface area contributed by atoms with Crippen LogP contribution in [0.5, 0.6) is 5.95 Å². The van der Waals surface area contributed by atoms with Gasteiger partial charge in [0, 0.05) is 16.4 Å². The predicted octanol–water partition coefficient (Wildman–Crippen LogP) is 4.16. The van der Waals surface area contributed by atoms with Gasteiger partial charge in [-0.15, -0.1) is 0 Å². The fraction of sp³-hybridized carbons (Fsp3) is 0.167. The summed E-state index contributed by atoms with van der Waals surface area (Å²) in [5, 5.41) is 1.28. The Bertz CT molecular complexity index is 1120. The molecule has 27 heavy (non-hydrogen) atoms. The smallest absolute Gasteiger partial charge is 0.346 e. The summed E-state index contributed by atoms with van der Waals surface area (Å²) in [6, 6.07) is 13.3. The third-order valence-corrected chi connectivity index (χ3v) is 5.57. The Labute approximate surface area is 169 Å². The zero-order valence-corrected chi connectivity index (χ0v) is 17.1. The topological polar surface area (TPSA) is 85.6 Å². The molecule has 0 amide bonds. The van der Waals surface area contributed by atoms with Gasteiger partial charge in [0.1, 0.15) is 11.6 Å². The van der Waals surface area contributed by atoms with Crippen molar-refractivity contribution in [1.82, 2.24) is 0 Å². The number of alkyl halides is 1. The molecule has 1 N–H and O–H groups in total. The second-order valence-corrected chi connectivity index (χ2v) is 8.53. The molecule has 0 atom stereocenters. The van der Waals surface area contributed by atoms with Crippen molar-refractivity contribution in [2.45, 2.75) is 5.75 Å². The molecule has 3 rings (SSSR count). The lowest BCUT2D eigenvalue weighted by Crippen LogP contribution is -2.15. The maximum Gasteiger partial charge on any atom is 0.346 e. The van der Waals surface area contributed by atoms with E-state index in [-0.39, 0.29) is 34.4 Å². The molecule has 1 heterocycles. The van der Waals surface area contributed by atoms with Crippen LogP contribution in [0.2, 0.25) is 5.02 Å². The number of benzene rings is 2. The molecule has 0 aliphatic carbocycles. The van der Waals surface area contributed by atoms with Gasteiger partial charge in [-0.05, 0) is 17.7 Å². The summed E-state index contributed by atoms with van der Waals surface area (Å²) >= 11 is 9.44. The van der Waals surface area contributed by atoms with E-state index in [0.29, 0.717) is 16.3 Å². The van der Waals surface area contributed by atoms with Crippen molar-refractivity contribution in [2.24, 2.45) is 0 Å². The first kappa shape index (κ1) is 19.7. The van der Waals surface area contributed by atoms with Crippen molar-refractivity contribution >= 4 is 54.0 Å². The highest BCUT2D eigenvalue weighted by molar-refractivity contribution is 9.09. The van der Waals surface area contributed by atoms with Crippen LogP contribution in [0.25, 0.3) is 10.8 Å². The lowest BCUT2D eigenvalue weighted by Gasteiger charge is -2.10. The average molecular weight is 473 g/mol. The minimum absolute atomic E-state index is 0.0639. The number of fused-ring (bicyclic) bond motifs is 1. The molecule has 142 valence electrons. The molecule has 2 aromatic carbocycles. The molecule has 3 aromatic rings. The van der Waals surface area contributed by atoms with Crippen LogP contribution in [-0.4, -0.2) is 20.4 Å². The number of halogens is 2. The Hall–Kier alpha value is -2.03. The second-order valence-electron chi connectivity index (χ2n) is 5.64. The largest absolute Gasteiger partial charge is 0.463 e. The normalized spacial score (nSPS) is 11.5. The Kier molecular flexibility index (Phi) is 6.08. The summed E-state index contributed by atoms with van der Waals surface area (Å²) < 4.78 is 37.6. The van der Waals surface area contributed by atoms with E-state index in [0.717, 1.165) is 0 Å². The Morgan fingerprint density at radius 2 is 1.85 bits per heavy atom. The molecule has 0 aliphatic rings. The molecule has 9 heteroatoms. The van der Waals surface area contributed by atoms with Gasteiger partial charge >= 0.3 is 11.6 Å². The van der Waals surface area contributed by atoms with Crippen LogP contribution in [-0.2, 0) is 15.8 Å². The van der Waals surface area contributed by atoms with Crippen LogP contribution in [0.4, 0.5) is 5.69 Å². The van der Waals surface area contributed by atoms with Gasteiger partial charge in [-0.1, -0.05) is 63.9 Å². The summed E-state index contributed by atoms with van der Waals surface area (Å²) in [5.74, 6) is -0.244. The first-order valence-electron chi connectivity index (χ1n) is 7.89.